The second kappa shape index (κ2) is 5.93. The van der Waals surface area contributed by atoms with Crippen molar-refractivity contribution in [1.29, 1.82) is 0 Å². The molecule has 104 valence electrons. The van der Waals surface area contributed by atoms with Crippen LogP contribution in [0.15, 0.2) is 12.1 Å². The van der Waals surface area contributed by atoms with Crippen LogP contribution >= 0.6 is 0 Å². The topological polar surface area (TPSA) is 64.8 Å². The summed E-state index contributed by atoms with van der Waals surface area (Å²) in [6.07, 6.45) is 1.60. The molecule has 2 rings (SSSR count). The lowest BCUT2D eigenvalue weighted by atomic mass is 9.96. The Morgan fingerprint density at radius 3 is 2.58 bits per heavy atom. The average molecular weight is 264 g/mol. The first-order valence-corrected chi connectivity index (χ1v) is 6.46. The van der Waals surface area contributed by atoms with E-state index in [9.17, 15) is 4.79 Å². The van der Waals surface area contributed by atoms with E-state index in [4.69, 9.17) is 15.2 Å². The van der Waals surface area contributed by atoms with Gasteiger partial charge in [-0.2, -0.15) is 0 Å². The van der Waals surface area contributed by atoms with Gasteiger partial charge in [-0.3, -0.25) is 4.79 Å². The molecule has 0 spiro atoms. The summed E-state index contributed by atoms with van der Waals surface area (Å²) < 4.78 is 10.6. The standard InChI is InChI=1S/C14H20N2O3/c1-18-11-4-5-12(19-2)13-10(11)6-9-16(14(13)17)8-3-7-15/h4-5H,3,6-9,15H2,1-2H3. The van der Waals surface area contributed by atoms with Crippen LogP contribution < -0.4 is 15.2 Å². The highest BCUT2D eigenvalue weighted by Gasteiger charge is 2.29. The van der Waals surface area contributed by atoms with Crippen LogP contribution in [0.25, 0.3) is 0 Å². The molecule has 0 fully saturated rings. The second-order valence-electron chi connectivity index (χ2n) is 4.51. The normalized spacial score (nSPS) is 14.3. The van der Waals surface area contributed by atoms with Crippen LogP contribution in [0.5, 0.6) is 11.5 Å². The summed E-state index contributed by atoms with van der Waals surface area (Å²) in [6.45, 7) is 1.98. The Bertz CT molecular complexity index is 474. The smallest absolute Gasteiger partial charge is 0.258 e. The third kappa shape index (κ3) is 2.51. The highest BCUT2D eigenvalue weighted by molar-refractivity contribution is 6.00. The Hall–Kier alpha value is -1.75. The van der Waals surface area contributed by atoms with Gasteiger partial charge in [0.1, 0.15) is 11.5 Å². The molecule has 5 heteroatoms. The number of nitrogens with two attached hydrogens (primary N) is 1. The van der Waals surface area contributed by atoms with Crippen molar-refractivity contribution >= 4 is 5.91 Å². The van der Waals surface area contributed by atoms with E-state index in [-0.39, 0.29) is 5.91 Å². The average Bonchev–Trinajstić information content (AvgIpc) is 2.45. The lowest BCUT2D eigenvalue weighted by molar-refractivity contribution is 0.0733. The molecule has 1 aliphatic rings. The van der Waals surface area contributed by atoms with E-state index in [1.807, 2.05) is 11.0 Å². The largest absolute Gasteiger partial charge is 0.496 e. The lowest BCUT2D eigenvalue weighted by Crippen LogP contribution is -2.39. The van der Waals surface area contributed by atoms with E-state index in [0.717, 1.165) is 24.2 Å². The van der Waals surface area contributed by atoms with Crippen LogP contribution in [0.3, 0.4) is 0 Å². The zero-order valence-corrected chi connectivity index (χ0v) is 11.4. The third-order valence-electron chi connectivity index (χ3n) is 3.44. The molecule has 1 aliphatic heterocycles. The summed E-state index contributed by atoms with van der Waals surface area (Å²) in [5.41, 5.74) is 7.08. The number of hydrogen-bond donors (Lipinski definition) is 1. The summed E-state index contributed by atoms with van der Waals surface area (Å²) in [5, 5.41) is 0. The number of hydrogen-bond acceptors (Lipinski definition) is 4. The number of carbonyl (C=O) groups excluding carboxylic acids is 1. The van der Waals surface area contributed by atoms with Crippen molar-refractivity contribution in [2.24, 2.45) is 5.73 Å². The van der Waals surface area contributed by atoms with Crippen LogP contribution in [0.1, 0.15) is 22.3 Å². The summed E-state index contributed by atoms with van der Waals surface area (Å²) >= 11 is 0. The number of nitrogens with zero attached hydrogens (tertiary/aromatic N) is 1. The zero-order valence-electron chi connectivity index (χ0n) is 11.4. The number of carbonyl (C=O) groups is 1. The van der Waals surface area contributed by atoms with E-state index in [1.165, 1.54) is 0 Å². The molecule has 2 N–H and O–H groups in total. The lowest BCUT2D eigenvalue weighted by Gasteiger charge is -2.30. The number of methoxy groups -OCH3 is 2. The van der Waals surface area contributed by atoms with E-state index in [2.05, 4.69) is 0 Å². The molecule has 1 amide bonds. The molecule has 0 unspecified atom stereocenters. The summed E-state index contributed by atoms with van der Waals surface area (Å²) in [5.74, 6) is 1.37. The molecule has 0 saturated carbocycles. The van der Waals surface area contributed by atoms with Crippen LogP contribution in [0.2, 0.25) is 0 Å². The maximum absolute atomic E-state index is 12.5. The van der Waals surface area contributed by atoms with Gasteiger partial charge in [-0.25, -0.2) is 0 Å². The fraction of sp³-hybridized carbons (Fsp3) is 0.500. The Kier molecular flexibility index (Phi) is 4.27. The predicted molar refractivity (Wildman–Crippen MR) is 72.8 cm³/mol. The number of amides is 1. The summed E-state index contributed by atoms with van der Waals surface area (Å²) in [4.78, 5) is 14.4. The van der Waals surface area contributed by atoms with Gasteiger partial charge >= 0.3 is 0 Å². The van der Waals surface area contributed by atoms with E-state index in [0.29, 0.717) is 30.9 Å². The van der Waals surface area contributed by atoms with Crippen molar-refractivity contribution in [1.82, 2.24) is 4.90 Å². The van der Waals surface area contributed by atoms with Crippen molar-refractivity contribution < 1.29 is 14.3 Å². The fourth-order valence-electron chi connectivity index (χ4n) is 2.45. The Morgan fingerprint density at radius 1 is 1.26 bits per heavy atom. The second-order valence-corrected chi connectivity index (χ2v) is 4.51. The molecule has 1 aromatic rings. The van der Waals surface area contributed by atoms with E-state index in [1.54, 1.807) is 20.3 Å². The first-order chi connectivity index (χ1) is 9.22. The third-order valence-corrected chi connectivity index (χ3v) is 3.44. The van der Waals surface area contributed by atoms with Gasteiger partial charge < -0.3 is 20.1 Å². The first kappa shape index (κ1) is 13.7. The van der Waals surface area contributed by atoms with Gasteiger partial charge in [0.05, 0.1) is 19.8 Å². The van der Waals surface area contributed by atoms with Gasteiger partial charge in [0.25, 0.3) is 5.91 Å². The van der Waals surface area contributed by atoms with Gasteiger partial charge in [-0.15, -0.1) is 0 Å². The quantitative estimate of drug-likeness (QED) is 0.863. The van der Waals surface area contributed by atoms with Gasteiger partial charge in [-0.05, 0) is 31.5 Å². The minimum absolute atomic E-state index is 0.00505. The minimum Gasteiger partial charge on any atom is -0.496 e. The molecular weight excluding hydrogens is 244 g/mol. The maximum Gasteiger partial charge on any atom is 0.258 e. The molecule has 0 radical (unpaired) electrons. The number of fused-ring (bicyclic) bond motifs is 1. The van der Waals surface area contributed by atoms with Crippen LogP contribution in [0.4, 0.5) is 0 Å². The predicted octanol–water partition coefficient (Wildman–Crippen LogP) is 1.05. The monoisotopic (exact) mass is 264 g/mol. The molecule has 0 saturated heterocycles. The van der Waals surface area contributed by atoms with Crippen LogP contribution in [-0.4, -0.2) is 44.7 Å². The fourth-order valence-corrected chi connectivity index (χ4v) is 2.45. The van der Waals surface area contributed by atoms with Crippen LogP contribution in [-0.2, 0) is 6.42 Å². The molecule has 1 heterocycles. The molecule has 0 aliphatic carbocycles. The molecular formula is C14H20N2O3. The Balaban J connectivity index is 2.38. The van der Waals surface area contributed by atoms with Crippen molar-refractivity contribution in [2.75, 3.05) is 33.9 Å². The molecule has 1 aromatic carbocycles. The minimum atomic E-state index is 0.00505. The Labute approximate surface area is 113 Å². The van der Waals surface area contributed by atoms with Gasteiger partial charge in [0.15, 0.2) is 0 Å². The molecule has 0 atom stereocenters. The number of ether oxygens (including phenoxy) is 2. The molecule has 0 aromatic heterocycles. The highest BCUT2D eigenvalue weighted by Crippen LogP contribution is 2.34. The SMILES string of the molecule is COc1ccc(OC)c2c1CCN(CCCN)C2=O. The summed E-state index contributed by atoms with van der Waals surface area (Å²) in [7, 11) is 3.20. The zero-order chi connectivity index (χ0) is 13.8. The van der Waals surface area contributed by atoms with E-state index < -0.39 is 0 Å². The summed E-state index contributed by atoms with van der Waals surface area (Å²) in [6, 6.07) is 3.63. The highest BCUT2D eigenvalue weighted by atomic mass is 16.5. The van der Waals surface area contributed by atoms with Gasteiger partial charge in [-0.1, -0.05) is 0 Å². The van der Waals surface area contributed by atoms with Crippen molar-refractivity contribution in [2.45, 2.75) is 12.8 Å². The van der Waals surface area contributed by atoms with Crippen LogP contribution in [0, 0.1) is 0 Å². The maximum atomic E-state index is 12.5. The van der Waals surface area contributed by atoms with Crippen molar-refractivity contribution in [3.63, 3.8) is 0 Å². The van der Waals surface area contributed by atoms with Crippen molar-refractivity contribution in [3.8, 4) is 11.5 Å². The molecule has 19 heavy (non-hydrogen) atoms. The number of rotatable bonds is 5. The molecule has 0 bridgehead atoms. The number of benzene rings is 1. The van der Waals surface area contributed by atoms with Crippen molar-refractivity contribution in [3.05, 3.63) is 23.3 Å². The van der Waals surface area contributed by atoms with E-state index >= 15 is 0 Å². The first-order valence-electron chi connectivity index (χ1n) is 6.46. The van der Waals surface area contributed by atoms with Gasteiger partial charge in [0, 0.05) is 18.7 Å². The van der Waals surface area contributed by atoms with Gasteiger partial charge in [0.2, 0.25) is 0 Å². The molecule has 5 nitrogen and oxygen atoms in total. The Morgan fingerprint density at radius 2 is 1.95 bits per heavy atom.